The summed E-state index contributed by atoms with van der Waals surface area (Å²) in [5.74, 6) is 1.78. The van der Waals surface area contributed by atoms with E-state index in [2.05, 4.69) is 68.6 Å². The Kier molecular flexibility index (Phi) is 8.17. The van der Waals surface area contributed by atoms with Crippen LogP contribution in [0, 0.1) is 0 Å². The monoisotopic (exact) mass is 642 g/mol. The zero-order valence-corrected chi connectivity index (χ0v) is 23.6. The zero-order valence-electron chi connectivity index (χ0n) is 18.9. The number of fused-ring (bicyclic) bond motifs is 1. The number of nitrogens with one attached hydrogen (secondary N) is 3. The van der Waals surface area contributed by atoms with Crippen LogP contribution in [-0.4, -0.2) is 42.2 Å². The number of hydrogen-bond acceptors (Lipinski definition) is 5. The molecule has 0 unspecified atom stereocenters. The van der Waals surface area contributed by atoms with Gasteiger partial charge in [0.05, 0.1) is 11.4 Å². The predicted molar refractivity (Wildman–Crippen MR) is 144 cm³/mol. The Labute approximate surface area is 220 Å². The molecule has 0 spiro atoms. The first-order valence-corrected chi connectivity index (χ1v) is 13.7. The van der Waals surface area contributed by atoms with Gasteiger partial charge in [0, 0.05) is 45.2 Å². The summed E-state index contributed by atoms with van der Waals surface area (Å²) in [6, 6.07) is 4.09. The molecular weight excluding hydrogens is 616 g/mol. The van der Waals surface area contributed by atoms with E-state index in [-0.39, 0.29) is 12.1 Å². The lowest BCUT2D eigenvalue weighted by Gasteiger charge is -2.30. The fraction of sp³-hybridized carbons (Fsp3) is 0.522. The molecule has 0 aliphatic heterocycles. The Balaban J connectivity index is 1.31. The molecule has 2 aliphatic carbocycles. The SMILES string of the molecule is CN(C)c1nc(N[C@H]2CC[C@@H](NC(=O)Nc3c(Br)cc(Br)cc3Br)CC2)nc2c1CCCC2. The van der Waals surface area contributed by atoms with E-state index in [9.17, 15) is 4.79 Å². The van der Waals surface area contributed by atoms with Crippen LogP contribution in [0.3, 0.4) is 0 Å². The summed E-state index contributed by atoms with van der Waals surface area (Å²) in [4.78, 5) is 24.3. The number of anilines is 3. The Morgan fingerprint density at radius 2 is 1.61 bits per heavy atom. The molecule has 10 heteroatoms. The van der Waals surface area contributed by atoms with Crippen LogP contribution in [0.5, 0.6) is 0 Å². The average Bonchev–Trinajstić information content (AvgIpc) is 2.77. The smallest absolute Gasteiger partial charge is 0.319 e. The molecule has 178 valence electrons. The maximum atomic E-state index is 12.6. The first kappa shape index (κ1) is 24.7. The number of rotatable bonds is 5. The van der Waals surface area contributed by atoms with Gasteiger partial charge in [-0.05, 0) is 95.4 Å². The largest absolute Gasteiger partial charge is 0.362 e. The Bertz CT molecular complexity index is 1000. The van der Waals surface area contributed by atoms with Crippen LogP contribution in [0.2, 0.25) is 0 Å². The van der Waals surface area contributed by atoms with Crippen LogP contribution in [-0.2, 0) is 12.8 Å². The predicted octanol–water partition coefficient (Wildman–Crippen LogP) is 6.25. The van der Waals surface area contributed by atoms with E-state index in [0.29, 0.717) is 11.7 Å². The molecule has 1 heterocycles. The molecule has 1 aromatic carbocycles. The number of amides is 2. The molecule has 0 bridgehead atoms. The molecule has 4 rings (SSSR count). The van der Waals surface area contributed by atoms with Crippen LogP contribution in [0.25, 0.3) is 0 Å². The number of nitrogens with zero attached hydrogens (tertiary/aromatic N) is 3. The van der Waals surface area contributed by atoms with Crippen molar-refractivity contribution in [1.29, 1.82) is 0 Å². The molecular formula is C23H29Br3N6O. The summed E-state index contributed by atoms with van der Waals surface area (Å²) in [5, 5.41) is 9.63. The molecule has 0 saturated heterocycles. The van der Waals surface area contributed by atoms with Crippen molar-refractivity contribution in [2.45, 2.75) is 63.5 Å². The minimum absolute atomic E-state index is 0.151. The molecule has 2 aromatic rings. The van der Waals surface area contributed by atoms with Gasteiger partial charge in [-0.2, -0.15) is 4.98 Å². The van der Waals surface area contributed by atoms with Crippen molar-refractivity contribution in [2.75, 3.05) is 29.6 Å². The highest BCUT2D eigenvalue weighted by Crippen LogP contribution is 2.34. The van der Waals surface area contributed by atoms with Gasteiger partial charge in [0.1, 0.15) is 5.82 Å². The lowest BCUT2D eigenvalue weighted by molar-refractivity contribution is 0.243. The second-order valence-corrected chi connectivity index (χ2v) is 11.6. The third-order valence-electron chi connectivity index (χ3n) is 6.23. The lowest BCUT2D eigenvalue weighted by atomic mass is 9.91. The van der Waals surface area contributed by atoms with Gasteiger partial charge in [0.25, 0.3) is 0 Å². The second-order valence-electron chi connectivity index (χ2n) is 8.93. The molecule has 1 saturated carbocycles. The molecule has 1 aromatic heterocycles. The van der Waals surface area contributed by atoms with E-state index in [0.717, 1.165) is 63.7 Å². The van der Waals surface area contributed by atoms with E-state index < -0.39 is 0 Å². The van der Waals surface area contributed by atoms with E-state index in [1.54, 1.807) is 0 Å². The van der Waals surface area contributed by atoms with Gasteiger partial charge >= 0.3 is 6.03 Å². The number of aryl methyl sites for hydroxylation is 1. The number of hydrogen-bond donors (Lipinski definition) is 3. The summed E-state index contributed by atoms with van der Waals surface area (Å²) >= 11 is 10.4. The van der Waals surface area contributed by atoms with Gasteiger partial charge in [0.2, 0.25) is 5.95 Å². The van der Waals surface area contributed by atoms with Crippen molar-refractivity contribution in [3.05, 3.63) is 36.8 Å². The van der Waals surface area contributed by atoms with Crippen molar-refractivity contribution in [3.63, 3.8) is 0 Å². The minimum atomic E-state index is -0.191. The number of urea groups is 1. The average molecular weight is 645 g/mol. The number of benzene rings is 1. The van der Waals surface area contributed by atoms with Gasteiger partial charge in [-0.15, -0.1) is 0 Å². The standard InChI is InChI=1S/C23H29Br3N6O/c1-32(2)21-16-5-3-4-6-19(16)29-22(31-21)27-14-7-9-15(10-8-14)28-23(33)30-20-17(25)11-13(24)12-18(20)26/h11-12,14-15H,3-10H2,1-2H3,(H,27,29,31)(H2,28,30,33)/t14-,15+. The van der Waals surface area contributed by atoms with Crippen molar-refractivity contribution >= 4 is 71.3 Å². The molecule has 0 radical (unpaired) electrons. The Morgan fingerprint density at radius 1 is 0.970 bits per heavy atom. The maximum Gasteiger partial charge on any atom is 0.319 e. The molecule has 1 fully saturated rings. The van der Waals surface area contributed by atoms with Gasteiger partial charge < -0.3 is 20.9 Å². The summed E-state index contributed by atoms with van der Waals surface area (Å²) in [6.07, 6.45) is 8.27. The highest BCUT2D eigenvalue weighted by Gasteiger charge is 2.25. The molecule has 2 amide bonds. The fourth-order valence-electron chi connectivity index (χ4n) is 4.57. The maximum absolute atomic E-state index is 12.6. The zero-order chi connectivity index (χ0) is 23.5. The molecule has 2 aliphatic rings. The Morgan fingerprint density at radius 3 is 2.27 bits per heavy atom. The number of carbonyl (C=O) groups excluding carboxylic acids is 1. The van der Waals surface area contributed by atoms with Crippen LogP contribution >= 0.6 is 47.8 Å². The van der Waals surface area contributed by atoms with Gasteiger partial charge in [0.15, 0.2) is 0 Å². The third-order valence-corrected chi connectivity index (χ3v) is 7.93. The molecule has 7 nitrogen and oxygen atoms in total. The van der Waals surface area contributed by atoms with Gasteiger partial charge in [-0.3, -0.25) is 0 Å². The van der Waals surface area contributed by atoms with E-state index in [1.165, 1.54) is 24.1 Å². The highest BCUT2D eigenvalue weighted by atomic mass is 79.9. The lowest BCUT2D eigenvalue weighted by Crippen LogP contribution is -2.42. The van der Waals surface area contributed by atoms with Gasteiger partial charge in [-0.1, -0.05) is 15.9 Å². The molecule has 3 N–H and O–H groups in total. The minimum Gasteiger partial charge on any atom is -0.362 e. The summed E-state index contributed by atoms with van der Waals surface area (Å²) in [5.41, 5.74) is 3.21. The summed E-state index contributed by atoms with van der Waals surface area (Å²) in [7, 11) is 4.10. The topological polar surface area (TPSA) is 82.2 Å². The quantitative estimate of drug-likeness (QED) is 0.358. The van der Waals surface area contributed by atoms with Crippen LogP contribution in [0.15, 0.2) is 25.6 Å². The van der Waals surface area contributed by atoms with Crippen LogP contribution in [0.1, 0.15) is 49.8 Å². The highest BCUT2D eigenvalue weighted by molar-refractivity contribution is 9.11. The van der Waals surface area contributed by atoms with E-state index in [1.807, 2.05) is 26.2 Å². The third kappa shape index (κ3) is 6.19. The summed E-state index contributed by atoms with van der Waals surface area (Å²) in [6.45, 7) is 0. The van der Waals surface area contributed by atoms with E-state index in [4.69, 9.17) is 9.97 Å². The second kappa shape index (κ2) is 10.9. The number of aromatic nitrogens is 2. The Hall–Kier alpha value is -1.39. The van der Waals surface area contributed by atoms with E-state index >= 15 is 0 Å². The van der Waals surface area contributed by atoms with Crippen molar-refractivity contribution in [3.8, 4) is 0 Å². The van der Waals surface area contributed by atoms with Crippen LogP contribution < -0.4 is 20.9 Å². The fourth-order valence-corrected chi connectivity index (χ4v) is 7.03. The number of halogens is 3. The van der Waals surface area contributed by atoms with Crippen molar-refractivity contribution < 1.29 is 4.79 Å². The van der Waals surface area contributed by atoms with Crippen molar-refractivity contribution in [2.24, 2.45) is 0 Å². The van der Waals surface area contributed by atoms with Crippen LogP contribution in [0.4, 0.5) is 22.2 Å². The first-order chi connectivity index (χ1) is 15.8. The normalized spacial score (nSPS) is 20.0. The first-order valence-electron chi connectivity index (χ1n) is 11.4. The van der Waals surface area contributed by atoms with Gasteiger partial charge in [-0.25, -0.2) is 9.78 Å². The summed E-state index contributed by atoms with van der Waals surface area (Å²) < 4.78 is 2.56. The molecule has 0 atom stereocenters. The molecule has 33 heavy (non-hydrogen) atoms. The van der Waals surface area contributed by atoms with Crippen molar-refractivity contribution in [1.82, 2.24) is 15.3 Å². The number of carbonyl (C=O) groups is 1.